The van der Waals surface area contributed by atoms with Gasteiger partial charge in [0.05, 0.1) is 6.07 Å². The molecule has 20 heavy (non-hydrogen) atoms. The molecular formula is C14H18N4OS. The normalized spacial score (nSPS) is 21.2. The summed E-state index contributed by atoms with van der Waals surface area (Å²) in [5.74, 6) is 1.08. The van der Waals surface area contributed by atoms with Crippen molar-refractivity contribution < 1.29 is 0 Å². The van der Waals surface area contributed by atoms with E-state index in [1.807, 2.05) is 0 Å². The van der Waals surface area contributed by atoms with Crippen molar-refractivity contribution in [1.29, 1.82) is 5.26 Å². The molecule has 0 aliphatic heterocycles. The van der Waals surface area contributed by atoms with E-state index in [1.165, 1.54) is 30.7 Å². The smallest absolute Gasteiger partial charge is 0.251 e. The van der Waals surface area contributed by atoms with E-state index in [-0.39, 0.29) is 5.56 Å². The van der Waals surface area contributed by atoms with Gasteiger partial charge in [-0.2, -0.15) is 5.26 Å². The van der Waals surface area contributed by atoms with Gasteiger partial charge in [0.2, 0.25) is 0 Å². The quantitative estimate of drug-likeness (QED) is 0.614. The zero-order valence-corrected chi connectivity index (χ0v) is 12.3. The van der Waals surface area contributed by atoms with E-state index >= 15 is 0 Å². The summed E-state index contributed by atoms with van der Waals surface area (Å²) in [4.78, 5) is 18.5. The Morgan fingerprint density at radius 3 is 2.85 bits per heavy atom. The van der Waals surface area contributed by atoms with Gasteiger partial charge in [0, 0.05) is 23.6 Å². The van der Waals surface area contributed by atoms with Crippen LogP contribution in [0.1, 0.15) is 31.4 Å². The summed E-state index contributed by atoms with van der Waals surface area (Å²) < 4.78 is 0. The molecule has 3 rings (SSSR count). The Morgan fingerprint density at radius 2 is 2.30 bits per heavy atom. The van der Waals surface area contributed by atoms with Gasteiger partial charge in [0.1, 0.15) is 5.54 Å². The maximum atomic E-state index is 11.4. The van der Waals surface area contributed by atoms with Gasteiger partial charge in [-0.05, 0) is 38.5 Å². The summed E-state index contributed by atoms with van der Waals surface area (Å²) >= 11 is 1.47. The maximum Gasteiger partial charge on any atom is 0.251 e. The number of aromatic amines is 1. The van der Waals surface area contributed by atoms with Crippen LogP contribution in [0, 0.1) is 24.2 Å². The summed E-state index contributed by atoms with van der Waals surface area (Å²) in [5, 5.41) is 13.8. The molecule has 2 N–H and O–H groups in total. The Hall–Kier alpha value is -1.32. The lowest BCUT2D eigenvalue weighted by atomic mass is 9.97. The second-order valence-corrected chi connectivity index (χ2v) is 6.72. The largest absolute Gasteiger partial charge is 0.301 e. The molecule has 0 aromatic carbocycles. The summed E-state index contributed by atoms with van der Waals surface area (Å²) in [6.07, 6.45) is 4.57. The number of nitrogens with zero attached hydrogens (tertiary/aromatic N) is 2. The average molecular weight is 290 g/mol. The van der Waals surface area contributed by atoms with Gasteiger partial charge in [-0.25, -0.2) is 4.98 Å². The minimum Gasteiger partial charge on any atom is -0.301 e. The fourth-order valence-corrected chi connectivity index (χ4v) is 3.53. The van der Waals surface area contributed by atoms with Crippen LogP contribution in [0.25, 0.3) is 0 Å². The Kier molecular flexibility index (Phi) is 3.57. The molecule has 2 fully saturated rings. The molecule has 0 radical (unpaired) electrons. The van der Waals surface area contributed by atoms with Gasteiger partial charge in [-0.15, -0.1) is 0 Å². The van der Waals surface area contributed by atoms with Crippen molar-refractivity contribution in [3.63, 3.8) is 0 Å². The Morgan fingerprint density at radius 1 is 1.55 bits per heavy atom. The van der Waals surface area contributed by atoms with Gasteiger partial charge in [-0.1, -0.05) is 11.8 Å². The standard InChI is InChI=1S/C14H18N4OS/c1-9-6-12(19)17-13(16-9)20-8-14(7-15,10-2-3-10)18-11-4-5-11/h6,10-11,18H,2-5,8H2,1H3,(H,16,17,19). The fourth-order valence-electron chi connectivity index (χ4n) is 2.40. The third-order valence-electron chi connectivity index (χ3n) is 3.80. The average Bonchev–Trinajstić information content (AvgIpc) is 3.25. The molecule has 1 unspecified atom stereocenters. The molecule has 0 amide bonds. The zero-order valence-electron chi connectivity index (χ0n) is 11.5. The summed E-state index contributed by atoms with van der Waals surface area (Å²) in [6.45, 7) is 1.81. The predicted octanol–water partition coefficient (Wildman–Crippen LogP) is 1.59. The van der Waals surface area contributed by atoms with Crippen molar-refractivity contribution in [3.8, 4) is 6.07 Å². The SMILES string of the molecule is Cc1cc(=O)[nH]c(SCC(C#N)(NC2CC2)C2CC2)n1. The minimum atomic E-state index is -0.464. The third kappa shape index (κ3) is 3.05. The summed E-state index contributed by atoms with van der Waals surface area (Å²) in [7, 11) is 0. The van der Waals surface area contributed by atoms with Gasteiger partial charge in [-0.3, -0.25) is 10.1 Å². The van der Waals surface area contributed by atoms with Crippen molar-refractivity contribution >= 4 is 11.8 Å². The first-order chi connectivity index (χ1) is 9.61. The molecule has 0 saturated heterocycles. The first-order valence-electron chi connectivity index (χ1n) is 7.01. The lowest BCUT2D eigenvalue weighted by Crippen LogP contribution is -2.49. The Labute approximate surface area is 122 Å². The summed E-state index contributed by atoms with van der Waals surface area (Å²) in [5.41, 5.74) is 0.109. The van der Waals surface area contributed by atoms with Crippen LogP contribution < -0.4 is 10.9 Å². The number of rotatable bonds is 6. The van der Waals surface area contributed by atoms with Crippen molar-refractivity contribution in [2.24, 2.45) is 5.92 Å². The molecule has 2 aliphatic rings. The molecule has 1 heterocycles. The number of nitriles is 1. The van der Waals surface area contributed by atoms with Gasteiger partial charge < -0.3 is 4.98 Å². The molecule has 2 saturated carbocycles. The molecule has 0 spiro atoms. The number of H-pyrrole nitrogens is 1. The molecular weight excluding hydrogens is 272 g/mol. The molecule has 1 atom stereocenters. The van der Waals surface area contributed by atoms with Crippen LogP contribution in [0.15, 0.2) is 16.0 Å². The van der Waals surface area contributed by atoms with E-state index < -0.39 is 5.54 Å². The molecule has 5 nitrogen and oxygen atoms in total. The Bertz CT molecular complexity index is 600. The topological polar surface area (TPSA) is 81.6 Å². The first kappa shape index (κ1) is 13.7. The van der Waals surface area contributed by atoms with Crippen molar-refractivity contribution in [2.45, 2.75) is 49.3 Å². The van der Waals surface area contributed by atoms with Crippen LogP contribution in [0.2, 0.25) is 0 Å². The van der Waals surface area contributed by atoms with Crippen molar-refractivity contribution in [2.75, 3.05) is 5.75 Å². The van der Waals surface area contributed by atoms with Crippen LogP contribution in [-0.4, -0.2) is 27.3 Å². The molecule has 106 valence electrons. The molecule has 6 heteroatoms. The predicted molar refractivity (Wildman–Crippen MR) is 77.5 cm³/mol. The van der Waals surface area contributed by atoms with E-state index in [4.69, 9.17) is 0 Å². The molecule has 1 aromatic heterocycles. The molecule has 2 aliphatic carbocycles. The fraction of sp³-hybridized carbons (Fsp3) is 0.643. The number of hydrogen-bond acceptors (Lipinski definition) is 5. The van der Waals surface area contributed by atoms with Crippen LogP contribution in [0.4, 0.5) is 0 Å². The van der Waals surface area contributed by atoms with E-state index in [0.29, 0.717) is 28.6 Å². The van der Waals surface area contributed by atoms with E-state index in [2.05, 4.69) is 21.4 Å². The lowest BCUT2D eigenvalue weighted by Gasteiger charge is -2.27. The van der Waals surface area contributed by atoms with Crippen LogP contribution in [0.3, 0.4) is 0 Å². The molecule has 1 aromatic rings. The van der Waals surface area contributed by atoms with Crippen molar-refractivity contribution in [1.82, 2.24) is 15.3 Å². The van der Waals surface area contributed by atoms with Crippen LogP contribution in [0.5, 0.6) is 0 Å². The second-order valence-electron chi connectivity index (χ2n) is 5.76. The van der Waals surface area contributed by atoms with Gasteiger partial charge in [0.15, 0.2) is 5.16 Å². The highest BCUT2D eigenvalue weighted by Crippen LogP contribution is 2.43. The highest BCUT2D eigenvalue weighted by molar-refractivity contribution is 7.99. The van der Waals surface area contributed by atoms with E-state index in [0.717, 1.165) is 12.8 Å². The number of hydrogen-bond donors (Lipinski definition) is 2. The maximum absolute atomic E-state index is 11.4. The zero-order chi connectivity index (χ0) is 14.2. The second kappa shape index (κ2) is 5.23. The molecule has 0 bridgehead atoms. The minimum absolute atomic E-state index is 0.135. The lowest BCUT2D eigenvalue weighted by molar-refractivity contribution is 0.401. The summed E-state index contributed by atoms with van der Waals surface area (Å²) in [6, 6.07) is 4.47. The van der Waals surface area contributed by atoms with E-state index in [9.17, 15) is 10.1 Å². The third-order valence-corrected chi connectivity index (χ3v) is 4.86. The highest BCUT2D eigenvalue weighted by atomic mass is 32.2. The van der Waals surface area contributed by atoms with Crippen LogP contribution >= 0.6 is 11.8 Å². The highest BCUT2D eigenvalue weighted by Gasteiger charge is 2.48. The number of thioether (sulfide) groups is 1. The number of aromatic nitrogens is 2. The van der Waals surface area contributed by atoms with Crippen molar-refractivity contribution in [3.05, 3.63) is 22.1 Å². The van der Waals surface area contributed by atoms with Gasteiger partial charge >= 0.3 is 0 Å². The van der Waals surface area contributed by atoms with Crippen LogP contribution in [-0.2, 0) is 0 Å². The first-order valence-corrected chi connectivity index (χ1v) is 7.99. The van der Waals surface area contributed by atoms with E-state index in [1.54, 1.807) is 6.92 Å². The van der Waals surface area contributed by atoms with Gasteiger partial charge in [0.25, 0.3) is 5.56 Å². The number of nitrogens with one attached hydrogen (secondary N) is 2. The number of aryl methyl sites for hydroxylation is 1. The Balaban J connectivity index is 1.73. The monoisotopic (exact) mass is 290 g/mol.